The average molecular weight is 515 g/mol. The number of hydrogen-bond donors (Lipinski definition) is 2. The van der Waals surface area contributed by atoms with E-state index in [1.165, 1.54) is 16.8 Å². The second-order valence-electron chi connectivity index (χ2n) is 7.99. The number of aromatic nitrogens is 2. The highest BCUT2D eigenvalue weighted by molar-refractivity contribution is 7.52. The summed E-state index contributed by atoms with van der Waals surface area (Å²) in [5, 5.41) is 2.55. The smallest absolute Gasteiger partial charge is 0.459 e. The van der Waals surface area contributed by atoms with Gasteiger partial charge in [-0.3, -0.25) is 23.7 Å². The number of aromatic amines is 1. The van der Waals surface area contributed by atoms with Crippen molar-refractivity contribution in [1.29, 1.82) is 0 Å². The molecule has 4 rings (SSSR count). The molecule has 2 aromatic carbocycles. The molecule has 2 unspecified atom stereocenters. The Morgan fingerprint density at radius 1 is 1.06 bits per heavy atom. The lowest BCUT2D eigenvalue weighted by Gasteiger charge is -2.22. The molecule has 0 spiro atoms. The monoisotopic (exact) mass is 515 g/mol. The van der Waals surface area contributed by atoms with E-state index in [-0.39, 0.29) is 19.0 Å². The van der Waals surface area contributed by atoms with Crippen LogP contribution in [0.4, 0.5) is 0 Å². The number of esters is 1. The SMILES string of the molecule is O=C(CN[P@](=O)(OCC1CCC(n2ccc(=O)[nH]c2=O)O1)Oc1ccccc1)OCc1ccccc1. The summed E-state index contributed by atoms with van der Waals surface area (Å²) in [5.41, 5.74) is -0.260. The molecule has 0 bridgehead atoms. The van der Waals surface area contributed by atoms with Crippen molar-refractivity contribution in [1.82, 2.24) is 14.6 Å². The first kappa shape index (κ1) is 25.6. The fourth-order valence-corrected chi connectivity index (χ4v) is 4.82. The maximum Gasteiger partial charge on any atom is 0.459 e. The normalized spacial score (nSPS) is 18.9. The minimum Gasteiger partial charge on any atom is -0.460 e. The summed E-state index contributed by atoms with van der Waals surface area (Å²) in [6, 6.07) is 18.8. The van der Waals surface area contributed by atoms with Gasteiger partial charge in [-0.05, 0) is 30.5 Å². The van der Waals surface area contributed by atoms with E-state index < -0.39 is 43.8 Å². The number of carbonyl (C=O) groups is 1. The van der Waals surface area contributed by atoms with E-state index >= 15 is 0 Å². The van der Waals surface area contributed by atoms with Gasteiger partial charge in [-0.15, -0.1) is 0 Å². The molecule has 12 heteroatoms. The minimum absolute atomic E-state index is 0.0769. The molecule has 11 nitrogen and oxygen atoms in total. The highest BCUT2D eigenvalue weighted by atomic mass is 31.2. The van der Waals surface area contributed by atoms with Crippen LogP contribution in [0.25, 0.3) is 0 Å². The molecule has 36 heavy (non-hydrogen) atoms. The third kappa shape index (κ3) is 7.25. The van der Waals surface area contributed by atoms with Gasteiger partial charge in [0, 0.05) is 12.3 Å². The molecule has 0 radical (unpaired) electrons. The predicted molar refractivity (Wildman–Crippen MR) is 129 cm³/mol. The number of nitrogens with zero attached hydrogens (tertiary/aromatic N) is 1. The second-order valence-corrected chi connectivity index (χ2v) is 9.74. The Labute approximate surface area is 206 Å². The Morgan fingerprint density at radius 3 is 2.50 bits per heavy atom. The minimum atomic E-state index is -4.00. The van der Waals surface area contributed by atoms with E-state index in [2.05, 4.69) is 10.1 Å². The van der Waals surface area contributed by atoms with E-state index in [0.717, 1.165) is 5.56 Å². The number of nitrogens with one attached hydrogen (secondary N) is 2. The van der Waals surface area contributed by atoms with Gasteiger partial charge in [-0.25, -0.2) is 14.4 Å². The van der Waals surface area contributed by atoms with Crippen molar-refractivity contribution in [2.24, 2.45) is 0 Å². The predicted octanol–water partition coefficient (Wildman–Crippen LogP) is 2.75. The van der Waals surface area contributed by atoms with Gasteiger partial charge in [-0.2, -0.15) is 0 Å². The van der Waals surface area contributed by atoms with E-state index in [1.807, 2.05) is 30.3 Å². The van der Waals surface area contributed by atoms with Gasteiger partial charge in [0.2, 0.25) is 0 Å². The Kier molecular flexibility index (Phi) is 8.50. The lowest BCUT2D eigenvalue weighted by atomic mass is 10.2. The van der Waals surface area contributed by atoms with Crippen molar-refractivity contribution in [2.75, 3.05) is 13.2 Å². The molecule has 2 heterocycles. The number of ether oxygens (including phenoxy) is 2. The summed E-state index contributed by atoms with van der Waals surface area (Å²) in [6.45, 7) is -0.448. The molecule has 1 fully saturated rings. The van der Waals surface area contributed by atoms with Crippen LogP contribution >= 0.6 is 7.75 Å². The molecule has 0 saturated carbocycles. The largest absolute Gasteiger partial charge is 0.460 e. The van der Waals surface area contributed by atoms with Crippen molar-refractivity contribution in [2.45, 2.75) is 31.8 Å². The Balaban J connectivity index is 1.35. The van der Waals surface area contributed by atoms with Gasteiger partial charge < -0.3 is 14.0 Å². The summed E-state index contributed by atoms with van der Waals surface area (Å²) in [7, 11) is -4.00. The highest BCUT2D eigenvalue weighted by Crippen LogP contribution is 2.45. The quantitative estimate of drug-likeness (QED) is 0.292. The number of carbonyl (C=O) groups excluding carboxylic acids is 1. The molecule has 3 aromatic rings. The molecule has 3 atom stereocenters. The first-order chi connectivity index (χ1) is 17.4. The molecular formula is C24H26N3O8P. The second kappa shape index (κ2) is 12.0. The average Bonchev–Trinajstić information content (AvgIpc) is 3.35. The van der Waals surface area contributed by atoms with Crippen LogP contribution in [0.2, 0.25) is 0 Å². The maximum absolute atomic E-state index is 13.4. The topological polar surface area (TPSA) is 138 Å². The fraction of sp³-hybridized carbons (Fsp3) is 0.292. The van der Waals surface area contributed by atoms with Crippen LogP contribution in [0.3, 0.4) is 0 Å². The molecular weight excluding hydrogens is 489 g/mol. The van der Waals surface area contributed by atoms with Gasteiger partial charge in [0.05, 0.1) is 12.7 Å². The molecule has 1 aromatic heterocycles. The van der Waals surface area contributed by atoms with Crippen LogP contribution in [-0.2, 0) is 30.0 Å². The Morgan fingerprint density at radius 2 is 1.78 bits per heavy atom. The van der Waals surface area contributed by atoms with Gasteiger partial charge >= 0.3 is 19.4 Å². The summed E-state index contributed by atoms with van der Waals surface area (Å²) >= 11 is 0. The first-order valence-corrected chi connectivity index (χ1v) is 12.9. The van der Waals surface area contributed by atoms with Gasteiger partial charge in [0.1, 0.15) is 25.1 Å². The van der Waals surface area contributed by atoms with Crippen LogP contribution < -0.4 is 20.9 Å². The zero-order valence-corrected chi connectivity index (χ0v) is 20.2. The van der Waals surface area contributed by atoms with Crippen molar-refractivity contribution < 1.29 is 27.9 Å². The number of hydrogen-bond acceptors (Lipinski definition) is 8. The maximum atomic E-state index is 13.4. The van der Waals surface area contributed by atoms with Crippen molar-refractivity contribution in [3.8, 4) is 5.75 Å². The summed E-state index contributed by atoms with van der Waals surface area (Å²) in [4.78, 5) is 37.7. The molecule has 190 valence electrons. The van der Waals surface area contributed by atoms with Crippen molar-refractivity contribution in [3.63, 3.8) is 0 Å². The Bertz CT molecular complexity index is 1310. The number of rotatable bonds is 11. The van der Waals surface area contributed by atoms with E-state index in [9.17, 15) is 18.9 Å². The summed E-state index contributed by atoms with van der Waals surface area (Å²) in [6.07, 6.45) is 1.27. The van der Waals surface area contributed by atoms with Crippen LogP contribution in [0.15, 0.2) is 82.5 Å². The van der Waals surface area contributed by atoms with E-state index in [1.54, 1.807) is 30.3 Å². The lowest BCUT2D eigenvalue weighted by Crippen LogP contribution is -2.32. The third-order valence-electron chi connectivity index (χ3n) is 5.31. The zero-order chi connectivity index (χ0) is 25.4. The van der Waals surface area contributed by atoms with Crippen LogP contribution in [0.1, 0.15) is 24.6 Å². The summed E-state index contributed by atoms with van der Waals surface area (Å²) < 4.78 is 37.0. The number of H-pyrrole nitrogens is 1. The molecule has 1 aliphatic heterocycles. The van der Waals surface area contributed by atoms with Crippen LogP contribution in [0.5, 0.6) is 5.75 Å². The van der Waals surface area contributed by atoms with Crippen molar-refractivity contribution in [3.05, 3.63) is 99.3 Å². The van der Waals surface area contributed by atoms with Crippen LogP contribution in [0, 0.1) is 0 Å². The van der Waals surface area contributed by atoms with Crippen molar-refractivity contribution >= 4 is 13.7 Å². The molecule has 1 saturated heterocycles. The lowest BCUT2D eigenvalue weighted by molar-refractivity contribution is -0.143. The zero-order valence-electron chi connectivity index (χ0n) is 19.3. The van der Waals surface area contributed by atoms with Gasteiger partial charge in [0.25, 0.3) is 5.56 Å². The van der Waals surface area contributed by atoms with E-state index in [0.29, 0.717) is 12.8 Å². The fourth-order valence-electron chi connectivity index (χ4n) is 3.52. The standard InChI is InChI=1S/C24H26N3O8P/c28-21-13-14-27(24(30)26-21)22-12-11-20(34-22)17-33-36(31,35-19-9-5-2-6-10-19)25-15-23(29)32-16-18-7-3-1-4-8-18/h1-10,13-14,20,22H,11-12,15-17H2,(H,25,31)(H,26,28,30)/t20?,22?,36-/m0/s1. The van der Waals surface area contributed by atoms with Gasteiger partial charge in [-0.1, -0.05) is 48.5 Å². The molecule has 2 N–H and O–H groups in total. The molecule has 0 aliphatic carbocycles. The van der Waals surface area contributed by atoms with Crippen LogP contribution in [-0.4, -0.2) is 34.8 Å². The number of para-hydroxylation sites is 1. The number of benzene rings is 2. The first-order valence-electron chi connectivity index (χ1n) is 11.3. The highest BCUT2D eigenvalue weighted by Gasteiger charge is 2.33. The molecule has 0 amide bonds. The summed E-state index contributed by atoms with van der Waals surface area (Å²) in [5.74, 6) is -0.343. The third-order valence-corrected chi connectivity index (χ3v) is 6.79. The van der Waals surface area contributed by atoms with Gasteiger partial charge in [0.15, 0.2) is 0 Å². The Hall–Kier alpha value is -3.50. The van der Waals surface area contributed by atoms with E-state index in [4.69, 9.17) is 18.5 Å². The molecule has 1 aliphatic rings.